The van der Waals surface area contributed by atoms with E-state index in [4.69, 9.17) is 5.26 Å². The molecule has 1 amide bonds. The minimum absolute atomic E-state index is 0.220. The van der Waals surface area contributed by atoms with Crippen molar-refractivity contribution >= 4 is 5.91 Å². The van der Waals surface area contributed by atoms with Gasteiger partial charge in [0.2, 0.25) is 5.91 Å². The van der Waals surface area contributed by atoms with E-state index >= 15 is 0 Å². The summed E-state index contributed by atoms with van der Waals surface area (Å²) in [6.07, 6.45) is 1.63. The van der Waals surface area contributed by atoms with E-state index in [-0.39, 0.29) is 11.7 Å². The third kappa shape index (κ3) is 3.78. The number of carbonyl (C=O) groups excluding carboxylic acids is 1. The molecule has 19 heavy (non-hydrogen) atoms. The van der Waals surface area contributed by atoms with Crippen LogP contribution in [-0.4, -0.2) is 12.5 Å². The lowest BCUT2D eigenvalue weighted by atomic mass is 9.83. The Morgan fingerprint density at radius 1 is 1.32 bits per heavy atom. The summed E-state index contributed by atoms with van der Waals surface area (Å²) >= 11 is 0. The average Bonchev–Trinajstić information content (AvgIpc) is 2.44. The molecule has 102 valence electrons. The number of nitrogens with zero attached hydrogens (tertiary/aromatic N) is 1. The molecule has 0 aliphatic heterocycles. The van der Waals surface area contributed by atoms with Crippen LogP contribution in [0.4, 0.5) is 4.39 Å². The highest BCUT2D eigenvalue weighted by Gasteiger charge is 2.34. The normalized spacial score (nSPS) is 10.8. The van der Waals surface area contributed by atoms with Gasteiger partial charge < -0.3 is 5.32 Å². The second kappa shape index (κ2) is 6.89. The zero-order valence-corrected chi connectivity index (χ0v) is 11.4. The fourth-order valence-electron chi connectivity index (χ4n) is 1.92. The van der Waals surface area contributed by atoms with E-state index in [9.17, 15) is 9.18 Å². The van der Waals surface area contributed by atoms with Crippen LogP contribution < -0.4 is 5.32 Å². The number of rotatable bonds is 6. The predicted octanol–water partition coefficient (Wildman–Crippen LogP) is 2.81. The highest BCUT2D eigenvalue weighted by atomic mass is 19.1. The van der Waals surface area contributed by atoms with Crippen molar-refractivity contribution < 1.29 is 9.18 Å². The van der Waals surface area contributed by atoms with Gasteiger partial charge in [0, 0.05) is 6.54 Å². The van der Waals surface area contributed by atoms with E-state index in [1.807, 2.05) is 13.8 Å². The summed E-state index contributed by atoms with van der Waals surface area (Å²) in [5.41, 5.74) is 0.0280. The molecule has 0 fully saturated rings. The number of nitriles is 1. The van der Waals surface area contributed by atoms with Gasteiger partial charge in [-0.1, -0.05) is 26.0 Å². The van der Waals surface area contributed by atoms with Crippen molar-refractivity contribution in [2.45, 2.75) is 33.1 Å². The summed E-state index contributed by atoms with van der Waals surface area (Å²) in [5.74, 6) is -0.490. The standard InChI is InChI=1S/C15H19FN2O/c1-3-15(4-2,11-17)14(19)18-10-9-12-5-7-13(16)8-6-12/h5-8H,3-4,9-10H2,1-2H3,(H,18,19). The largest absolute Gasteiger partial charge is 0.354 e. The molecular weight excluding hydrogens is 243 g/mol. The van der Waals surface area contributed by atoms with Gasteiger partial charge >= 0.3 is 0 Å². The molecule has 1 aromatic carbocycles. The molecule has 1 aromatic rings. The Morgan fingerprint density at radius 3 is 2.37 bits per heavy atom. The van der Waals surface area contributed by atoms with Crippen LogP contribution in [0.5, 0.6) is 0 Å². The van der Waals surface area contributed by atoms with E-state index in [2.05, 4.69) is 11.4 Å². The van der Waals surface area contributed by atoms with Crippen molar-refractivity contribution in [1.82, 2.24) is 5.32 Å². The number of nitrogens with one attached hydrogen (secondary N) is 1. The maximum Gasteiger partial charge on any atom is 0.240 e. The van der Waals surface area contributed by atoms with E-state index in [1.54, 1.807) is 12.1 Å². The maximum absolute atomic E-state index is 12.7. The molecule has 0 radical (unpaired) electrons. The molecule has 4 heteroatoms. The first-order chi connectivity index (χ1) is 9.07. The van der Waals surface area contributed by atoms with Gasteiger partial charge in [0.15, 0.2) is 0 Å². The summed E-state index contributed by atoms with van der Waals surface area (Å²) < 4.78 is 12.7. The third-order valence-electron chi connectivity index (χ3n) is 3.47. The minimum Gasteiger partial charge on any atom is -0.354 e. The quantitative estimate of drug-likeness (QED) is 0.857. The van der Waals surface area contributed by atoms with Crippen LogP contribution in [0.2, 0.25) is 0 Å². The van der Waals surface area contributed by atoms with Crippen LogP contribution in [0.15, 0.2) is 24.3 Å². The third-order valence-corrected chi connectivity index (χ3v) is 3.47. The number of hydrogen-bond acceptors (Lipinski definition) is 2. The molecule has 0 saturated carbocycles. The maximum atomic E-state index is 12.7. The average molecular weight is 262 g/mol. The highest BCUT2D eigenvalue weighted by molar-refractivity contribution is 5.85. The Kier molecular flexibility index (Phi) is 5.50. The fraction of sp³-hybridized carbons (Fsp3) is 0.467. The van der Waals surface area contributed by atoms with Gasteiger partial charge in [-0.05, 0) is 37.0 Å². The van der Waals surface area contributed by atoms with Crippen molar-refractivity contribution in [3.05, 3.63) is 35.6 Å². The monoisotopic (exact) mass is 262 g/mol. The van der Waals surface area contributed by atoms with E-state index in [0.717, 1.165) is 5.56 Å². The van der Waals surface area contributed by atoms with Gasteiger partial charge in [-0.3, -0.25) is 4.79 Å². The smallest absolute Gasteiger partial charge is 0.240 e. The molecule has 0 saturated heterocycles. The number of carbonyl (C=O) groups is 1. The van der Waals surface area contributed by atoms with E-state index < -0.39 is 5.41 Å². The molecule has 0 bridgehead atoms. The minimum atomic E-state index is -0.928. The second-order valence-electron chi connectivity index (χ2n) is 4.53. The first-order valence-corrected chi connectivity index (χ1v) is 6.52. The molecule has 1 N–H and O–H groups in total. The van der Waals surface area contributed by atoms with Crippen LogP contribution in [-0.2, 0) is 11.2 Å². The molecule has 0 aliphatic rings. The molecule has 0 spiro atoms. The molecule has 1 rings (SSSR count). The summed E-state index contributed by atoms with van der Waals surface area (Å²) in [4.78, 5) is 12.0. The molecule has 3 nitrogen and oxygen atoms in total. The molecule has 0 unspecified atom stereocenters. The Labute approximate surface area is 113 Å². The van der Waals surface area contributed by atoms with Gasteiger partial charge in [0.1, 0.15) is 11.2 Å². The van der Waals surface area contributed by atoms with Gasteiger partial charge in [-0.15, -0.1) is 0 Å². The Bertz CT molecular complexity index is 458. The van der Waals surface area contributed by atoms with E-state index in [1.165, 1.54) is 12.1 Å². The van der Waals surface area contributed by atoms with Crippen molar-refractivity contribution in [3.63, 3.8) is 0 Å². The molecule has 0 atom stereocenters. The zero-order valence-electron chi connectivity index (χ0n) is 11.4. The van der Waals surface area contributed by atoms with Crippen LogP contribution in [0, 0.1) is 22.6 Å². The first kappa shape index (κ1) is 15.2. The molecule has 0 heterocycles. The van der Waals surface area contributed by atoms with E-state index in [0.29, 0.717) is 25.8 Å². The van der Waals surface area contributed by atoms with Crippen LogP contribution in [0.1, 0.15) is 32.3 Å². The van der Waals surface area contributed by atoms with Crippen molar-refractivity contribution in [2.75, 3.05) is 6.54 Å². The van der Waals surface area contributed by atoms with Crippen LogP contribution in [0.25, 0.3) is 0 Å². The lowest BCUT2D eigenvalue weighted by molar-refractivity contribution is -0.128. The Hall–Kier alpha value is -1.89. The van der Waals surface area contributed by atoms with Crippen LogP contribution in [0.3, 0.4) is 0 Å². The summed E-state index contributed by atoms with van der Waals surface area (Å²) in [6.45, 7) is 4.13. The lowest BCUT2D eigenvalue weighted by Crippen LogP contribution is -2.40. The fourth-order valence-corrected chi connectivity index (χ4v) is 1.92. The van der Waals surface area contributed by atoms with Crippen molar-refractivity contribution in [1.29, 1.82) is 5.26 Å². The highest BCUT2D eigenvalue weighted by Crippen LogP contribution is 2.25. The van der Waals surface area contributed by atoms with Gasteiger partial charge in [-0.2, -0.15) is 5.26 Å². The number of benzene rings is 1. The second-order valence-corrected chi connectivity index (χ2v) is 4.53. The van der Waals surface area contributed by atoms with Crippen molar-refractivity contribution in [3.8, 4) is 6.07 Å². The molecule has 0 aromatic heterocycles. The predicted molar refractivity (Wildman–Crippen MR) is 71.7 cm³/mol. The zero-order chi connectivity index (χ0) is 14.3. The lowest BCUT2D eigenvalue weighted by Gasteiger charge is -2.22. The van der Waals surface area contributed by atoms with Gasteiger partial charge in [0.05, 0.1) is 6.07 Å². The number of hydrogen-bond donors (Lipinski definition) is 1. The Morgan fingerprint density at radius 2 is 1.89 bits per heavy atom. The van der Waals surface area contributed by atoms with Crippen molar-refractivity contribution in [2.24, 2.45) is 5.41 Å². The van der Waals surface area contributed by atoms with Crippen LogP contribution >= 0.6 is 0 Å². The summed E-state index contributed by atoms with van der Waals surface area (Å²) in [7, 11) is 0. The first-order valence-electron chi connectivity index (χ1n) is 6.52. The topological polar surface area (TPSA) is 52.9 Å². The van der Waals surface area contributed by atoms with Gasteiger partial charge in [-0.25, -0.2) is 4.39 Å². The molecular formula is C15H19FN2O. The molecule has 0 aliphatic carbocycles. The number of amides is 1. The number of halogens is 1. The summed E-state index contributed by atoms with van der Waals surface area (Å²) in [6, 6.07) is 8.29. The Balaban J connectivity index is 2.51. The van der Waals surface area contributed by atoms with Gasteiger partial charge in [0.25, 0.3) is 0 Å². The SMILES string of the molecule is CCC(C#N)(CC)C(=O)NCCc1ccc(F)cc1. The summed E-state index contributed by atoms with van der Waals surface area (Å²) in [5, 5.41) is 11.9.